The van der Waals surface area contributed by atoms with Gasteiger partial charge in [-0.2, -0.15) is 0 Å². The molecule has 1 aliphatic rings. The van der Waals surface area contributed by atoms with Gasteiger partial charge in [-0.05, 0) is 0 Å². The van der Waals surface area contributed by atoms with Crippen LogP contribution in [0.2, 0.25) is 0 Å². The number of rotatable bonds is 8. The molecule has 134 valence electrons. The maximum Gasteiger partial charge on any atom is 0.273 e. The van der Waals surface area contributed by atoms with E-state index in [-0.39, 0.29) is 23.6 Å². The van der Waals surface area contributed by atoms with Crippen LogP contribution in [0.3, 0.4) is 0 Å². The highest BCUT2D eigenvalue weighted by Crippen LogP contribution is 2.34. The second-order valence-corrected chi connectivity index (χ2v) is 6.12. The van der Waals surface area contributed by atoms with Gasteiger partial charge in [0.05, 0.1) is 16.9 Å². The van der Waals surface area contributed by atoms with Gasteiger partial charge in [0, 0.05) is 29.9 Å². The molecule has 8 nitrogen and oxygen atoms in total. The van der Waals surface area contributed by atoms with Gasteiger partial charge in [-0.3, -0.25) is 19.7 Å². The lowest BCUT2D eigenvalue weighted by Gasteiger charge is -2.41. The second kappa shape index (κ2) is 7.54. The van der Waals surface area contributed by atoms with Crippen molar-refractivity contribution in [2.75, 3.05) is 0 Å². The molecule has 1 fully saturated rings. The number of benzene rings is 1. The number of nitrogens with one attached hydrogen (secondary N) is 1. The topological polar surface area (TPSA) is 130 Å². The third-order valence-corrected chi connectivity index (χ3v) is 4.60. The van der Waals surface area contributed by atoms with Gasteiger partial charge in [-0.1, -0.05) is 31.2 Å². The summed E-state index contributed by atoms with van der Waals surface area (Å²) in [7, 11) is 0. The third-order valence-electron chi connectivity index (χ3n) is 4.60. The van der Waals surface area contributed by atoms with Crippen LogP contribution in [0.4, 0.5) is 5.69 Å². The van der Waals surface area contributed by atoms with Gasteiger partial charge < -0.3 is 15.5 Å². The second-order valence-electron chi connectivity index (χ2n) is 6.12. The normalized spacial score (nSPS) is 21.8. The number of amides is 1. The molecule has 4 atom stereocenters. The average molecular weight is 348 g/mol. The maximum absolute atomic E-state index is 12.8. The summed E-state index contributed by atoms with van der Waals surface area (Å²) < 4.78 is 0. The SMILES string of the molecule is C=CC1NC(=O)C1C(C(=O)Cc1ccccc1[N+](=O)[O-])C(C)C(O)O. The van der Waals surface area contributed by atoms with Gasteiger partial charge in [0.1, 0.15) is 5.78 Å². The van der Waals surface area contributed by atoms with Crippen molar-refractivity contribution in [1.82, 2.24) is 5.32 Å². The molecule has 0 bridgehead atoms. The summed E-state index contributed by atoms with van der Waals surface area (Å²) in [5.74, 6) is -3.50. The molecule has 1 amide bonds. The van der Waals surface area contributed by atoms with Crippen LogP contribution in [-0.2, 0) is 16.0 Å². The van der Waals surface area contributed by atoms with Crippen molar-refractivity contribution in [3.05, 3.63) is 52.6 Å². The van der Waals surface area contributed by atoms with E-state index in [0.29, 0.717) is 0 Å². The van der Waals surface area contributed by atoms with E-state index in [1.54, 1.807) is 6.07 Å². The molecule has 8 heteroatoms. The highest BCUT2D eigenvalue weighted by atomic mass is 16.6. The summed E-state index contributed by atoms with van der Waals surface area (Å²) in [6.45, 7) is 5.05. The van der Waals surface area contributed by atoms with Crippen LogP contribution in [0.25, 0.3) is 0 Å². The molecule has 1 aromatic rings. The van der Waals surface area contributed by atoms with Crippen LogP contribution < -0.4 is 5.32 Å². The van der Waals surface area contributed by atoms with E-state index in [9.17, 15) is 29.9 Å². The molecule has 0 spiro atoms. The quantitative estimate of drug-likeness (QED) is 0.207. The first-order valence-corrected chi connectivity index (χ1v) is 7.82. The summed E-state index contributed by atoms with van der Waals surface area (Å²) in [6.07, 6.45) is -0.584. The van der Waals surface area contributed by atoms with Crippen molar-refractivity contribution >= 4 is 17.4 Å². The van der Waals surface area contributed by atoms with Crippen LogP contribution >= 0.6 is 0 Å². The number of hydrogen-bond donors (Lipinski definition) is 3. The zero-order valence-corrected chi connectivity index (χ0v) is 13.7. The van der Waals surface area contributed by atoms with E-state index in [4.69, 9.17) is 0 Å². The first-order valence-electron chi connectivity index (χ1n) is 7.82. The Labute approximate surface area is 144 Å². The van der Waals surface area contributed by atoms with Crippen LogP contribution in [0.1, 0.15) is 12.5 Å². The molecule has 25 heavy (non-hydrogen) atoms. The molecular weight excluding hydrogens is 328 g/mol. The number of Topliss-reactive ketones (excluding diaryl/α,β-unsaturated/α-hetero) is 1. The molecule has 0 aromatic heterocycles. The molecule has 0 radical (unpaired) electrons. The molecule has 0 aliphatic carbocycles. The Morgan fingerprint density at radius 2 is 2.08 bits per heavy atom. The van der Waals surface area contributed by atoms with Crippen LogP contribution in [-0.4, -0.2) is 39.2 Å². The number of nitro groups is 1. The number of nitro benzene ring substituents is 1. The van der Waals surface area contributed by atoms with Crippen molar-refractivity contribution in [1.29, 1.82) is 0 Å². The zero-order chi connectivity index (χ0) is 18.7. The number of aliphatic hydroxyl groups excluding tert-OH is 1. The molecule has 1 heterocycles. The van der Waals surface area contributed by atoms with E-state index in [1.807, 2.05) is 0 Å². The highest BCUT2D eigenvalue weighted by Gasteiger charge is 2.49. The first kappa shape index (κ1) is 18.8. The summed E-state index contributed by atoms with van der Waals surface area (Å²) in [5.41, 5.74) is 0.0298. The van der Waals surface area contributed by atoms with Crippen molar-refractivity contribution in [2.24, 2.45) is 17.8 Å². The van der Waals surface area contributed by atoms with E-state index < -0.39 is 40.8 Å². The lowest BCUT2D eigenvalue weighted by Crippen LogP contribution is -2.62. The van der Waals surface area contributed by atoms with Gasteiger partial charge in [0.15, 0.2) is 6.29 Å². The predicted molar refractivity (Wildman–Crippen MR) is 88.3 cm³/mol. The van der Waals surface area contributed by atoms with Crippen LogP contribution in [0.15, 0.2) is 36.9 Å². The fraction of sp³-hybridized carbons (Fsp3) is 0.412. The predicted octanol–water partition coefficient (Wildman–Crippen LogP) is 0.570. The smallest absolute Gasteiger partial charge is 0.273 e. The Kier molecular flexibility index (Phi) is 5.66. The summed E-state index contributed by atoms with van der Waals surface area (Å²) in [4.78, 5) is 35.3. The van der Waals surface area contributed by atoms with E-state index in [0.717, 1.165) is 0 Å². The molecule has 2 rings (SSSR count). The number of aliphatic hydroxyl groups is 2. The van der Waals surface area contributed by atoms with Gasteiger partial charge in [-0.15, -0.1) is 6.58 Å². The first-order chi connectivity index (χ1) is 11.8. The molecule has 3 N–H and O–H groups in total. The lowest BCUT2D eigenvalue weighted by molar-refractivity contribution is -0.385. The Hall–Kier alpha value is -2.58. The lowest BCUT2D eigenvalue weighted by atomic mass is 9.70. The zero-order valence-electron chi connectivity index (χ0n) is 13.7. The van der Waals surface area contributed by atoms with E-state index >= 15 is 0 Å². The van der Waals surface area contributed by atoms with E-state index in [2.05, 4.69) is 11.9 Å². The number of nitrogens with zero attached hydrogens (tertiary/aromatic N) is 1. The Morgan fingerprint density at radius 1 is 1.44 bits per heavy atom. The van der Waals surface area contributed by atoms with Crippen molar-refractivity contribution in [2.45, 2.75) is 25.7 Å². The molecule has 1 aromatic carbocycles. The van der Waals surface area contributed by atoms with Gasteiger partial charge >= 0.3 is 0 Å². The molecule has 1 saturated heterocycles. The summed E-state index contributed by atoms with van der Waals surface area (Å²) in [5, 5.41) is 32.7. The Morgan fingerprint density at radius 3 is 2.60 bits per heavy atom. The number of β-lactam (4-membered cyclic amide) rings is 1. The minimum Gasteiger partial charge on any atom is -0.368 e. The largest absolute Gasteiger partial charge is 0.368 e. The molecule has 4 unspecified atom stereocenters. The molecular formula is C17H20N2O6. The van der Waals surface area contributed by atoms with Crippen molar-refractivity contribution < 1.29 is 24.7 Å². The van der Waals surface area contributed by atoms with Gasteiger partial charge in [0.2, 0.25) is 5.91 Å². The number of hydrogen-bond acceptors (Lipinski definition) is 6. The Balaban J connectivity index is 2.32. The minimum atomic E-state index is -1.79. The van der Waals surface area contributed by atoms with Crippen LogP contribution in [0, 0.1) is 27.9 Å². The molecule has 0 saturated carbocycles. The fourth-order valence-corrected chi connectivity index (χ4v) is 3.16. The maximum atomic E-state index is 12.8. The number of ketones is 1. The monoisotopic (exact) mass is 348 g/mol. The third kappa shape index (κ3) is 3.75. The number of para-hydroxylation sites is 1. The number of carbonyl (C=O) groups excluding carboxylic acids is 2. The van der Waals surface area contributed by atoms with Crippen molar-refractivity contribution in [3.8, 4) is 0 Å². The highest BCUT2D eigenvalue weighted by molar-refractivity contribution is 5.94. The minimum absolute atomic E-state index is 0.190. The number of carbonyl (C=O) groups is 2. The van der Waals surface area contributed by atoms with Crippen molar-refractivity contribution in [3.63, 3.8) is 0 Å². The van der Waals surface area contributed by atoms with Gasteiger partial charge in [0.25, 0.3) is 5.69 Å². The van der Waals surface area contributed by atoms with Gasteiger partial charge in [-0.25, -0.2) is 0 Å². The van der Waals surface area contributed by atoms with Crippen LogP contribution in [0.5, 0.6) is 0 Å². The fourth-order valence-electron chi connectivity index (χ4n) is 3.16. The Bertz CT molecular complexity index is 702. The summed E-state index contributed by atoms with van der Waals surface area (Å²) in [6, 6.07) is 5.39. The van der Waals surface area contributed by atoms with E-state index in [1.165, 1.54) is 31.2 Å². The molecule has 1 aliphatic heterocycles. The summed E-state index contributed by atoms with van der Waals surface area (Å²) >= 11 is 0. The standard InChI is InChI=1S/C17H20N2O6/c1-3-11-15(16(21)18-11)14(9(2)17(22)23)13(20)8-10-6-4-5-7-12(10)19(24)25/h3-7,9,11,14-15,17,22-23H,1,8H2,2H3,(H,18,21). The average Bonchev–Trinajstić information content (AvgIpc) is 2.56.